The number of aromatic nitrogens is 4. The second-order valence-electron chi connectivity index (χ2n) is 3.73. The SMILES string of the molecule is Nc1cc(-c2nc(-c3ncccc3Br)no2)ccn1. The maximum Gasteiger partial charge on any atom is 0.258 e. The number of rotatable bonds is 2. The van der Waals surface area contributed by atoms with E-state index < -0.39 is 0 Å². The van der Waals surface area contributed by atoms with E-state index >= 15 is 0 Å². The Bertz CT molecular complexity index is 727. The molecule has 19 heavy (non-hydrogen) atoms. The number of nitrogens with two attached hydrogens (primary N) is 1. The molecule has 0 saturated carbocycles. The van der Waals surface area contributed by atoms with E-state index in [-0.39, 0.29) is 0 Å². The predicted octanol–water partition coefficient (Wildman–Crippen LogP) is 2.54. The highest BCUT2D eigenvalue weighted by atomic mass is 79.9. The molecule has 94 valence electrons. The van der Waals surface area contributed by atoms with Gasteiger partial charge < -0.3 is 10.3 Å². The molecule has 0 aliphatic carbocycles. The van der Waals surface area contributed by atoms with Gasteiger partial charge in [0, 0.05) is 22.4 Å². The standard InChI is InChI=1S/C12H8BrN5O/c13-8-2-1-4-16-10(8)11-17-12(19-18-11)7-3-5-15-9(14)6-7/h1-6H,(H2,14,15). The van der Waals surface area contributed by atoms with Gasteiger partial charge in [-0.25, -0.2) is 4.98 Å². The highest BCUT2D eigenvalue weighted by molar-refractivity contribution is 9.10. The molecule has 0 unspecified atom stereocenters. The van der Waals surface area contributed by atoms with E-state index in [9.17, 15) is 0 Å². The second kappa shape index (κ2) is 4.77. The van der Waals surface area contributed by atoms with Crippen molar-refractivity contribution in [3.8, 4) is 23.0 Å². The van der Waals surface area contributed by atoms with Crippen molar-refractivity contribution in [1.82, 2.24) is 20.1 Å². The van der Waals surface area contributed by atoms with Crippen LogP contribution in [0.15, 0.2) is 45.7 Å². The smallest absolute Gasteiger partial charge is 0.258 e. The van der Waals surface area contributed by atoms with Crippen LogP contribution in [0, 0.1) is 0 Å². The van der Waals surface area contributed by atoms with Gasteiger partial charge in [-0.2, -0.15) is 4.98 Å². The van der Waals surface area contributed by atoms with Crippen molar-refractivity contribution < 1.29 is 4.52 Å². The molecule has 7 heteroatoms. The van der Waals surface area contributed by atoms with Crippen LogP contribution >= 0.6 is 15.9 Å². The lowest BCUT2D eigenvalue weighted by Crippen LogP contribution is -1.90. The molecular weight excluding hydrogens is 310 g/mol. The first-order valence-corrected chi connectivity index (χ1v) is 6.20. The molecule has 6 nitrogen and oxygen atoms in total. The molecule has 0 amide bonds. The van der Waals surface area contributed by atoms with Crippen molar-refractivity contribution in [2.75, 3.05) is 5.73 Å². The summed E-state index contributed by atoms with van der Waals surface area (Å²) in [6.07, 6.45) is 3.26. The van der Waals surface area contributed by atoms with Crippen LogP contribution < -0.4 is 5.73 Å². The van der Waals surface area contributed by atoms with Crippen LogP contribution in [0.1, 0.15) is 0 Å². The van der Waals surface area contributed by atoms with Gasteiger partial charge in [-0.15, -0.1) is 0 Å². The number of pyridine rings is 2. The number of hydrogen-bond acceptors (Lipinski definition) is 6. The molecule has 0 aliphatic heterocycles. The first kappa shape index (κ1) is 11.8. The van der Waals surface area contributed by atoms with Gasteiger partial charge in [0.25, 0.3) is 5.89 Å². The van der Waals surface area contributed by atoms with Crippen LogP contribution in [-0.4, -0.2) is 20.1 Å². The van der Waals surface area contributed by atoms with E-state index in [1.807, 2.05) is 12.1 Å². The lowest BCUT2D eigenvalue weighted by molar-refractivity contribution is 0.432. The third kappa shape index (κ3) is 2.32. The summed E-state index contributed by atoms with van der Waals surface area (Å²) in [5.41, 5.74) is 6.96. The highest BCUT2D eigenvalue weighted by Crippen LogP contribution is 2.26. The van der Waals surface area contributed by atoms with Gasteiger partial charge in [0.05, 0.1) is 0 Å². The molecule has 0 aromatic carbocycles. The molecule has 0 fully saturated rings. The van der Waals surface area contributed by atoms with Gasteiger partial charge in [0.15, 0.2) is 0 Å². The summed E-state index contributed by atoms with van der Waals surface area (Å²) in [7, 11) is 0. The molecule has 3 aromatic heterocycles. The zero-order valence-corrected chi connectivity index (χ0v) is 11.2. The van der Waals surface area contributed by atoms with Crippen molar-refractivity contribution in [2.24, 2.45) is 0 Å². The third-order valence-corrected chi connectivity index (χ3v) is 3.06. The fourth-order valence-electron chi connectivity index (χ4n) is 1.57. The van der Waals surface area contributed by atoms with Crippen LogP contribution in [-0.2, 0) is 0 Å². The zero-order chi connectivity index (χ0) is 13.2. The van der Waals surface area contributed by atoms with Crippen molar-refractivity contribution >= 4 is 21.7 Å². The Morgan fingerprint density at radius 2 is 2.05 bits per heavy atom. The molecule has 0 atom stereocenters. The van der Waals surface area contributed by atoms with Crippen molar-refractivity contribution in [3.05, 3.63) is 41.1 Å². The Morgan fingerprint density at radius 3 is 2.84 bits per heavy atom. The van der Waals surface area contributed by atoms with Crippen molar-refractivity contribution in [1.29, 1.82) is 0 Å². The number of anilines is 1. The van der Waals surface area contributed by atoms with Crippen LogP contribution in [0.4, 0.5) is 5.82 Å². The van der Waals surface area contributed by atoms with Gasteiger partial charge in [0.2, 0.25) is 5.82 Å². The Morgan fingerprint density at radius 1 is 1.16 bits per heavy atom. The molecule has 0 radical (unpaired) electrons. The first-order valence-electron chi connectivity index (χ1n) is 5.40. The summed E-state index contributed by atoms with van der Waals surface area (Å²) in [5, 5.41) is 3.91. The molecule has 0 bridgehead atoms. The molecule has 0 saturated heterocycles. The maximum atomic E-state index is 5.62. The lowest BCUT2D eigenvalue weighted by Gasteiger charge is -1.96. The highest BCUT2D eigenvalue weighted by Gasteiger charge is 2.14. The van der Waals surface area contributed by atoms with Crippen molar-refractivity contribution in [2.45, 2.75) is 0 Å². The van der Waals surface area contributed by atoms with Crippen molar-refractivity contribution in [3.63, 3.8) is 0 Å². The average molecular weight is 318 g/mol. The van der Waals surface area contributed by atoms with Crippen LogP contribution in [0.5, 0.6) is 0 Å². The number of nitrogens with zero attached hydrogens (tertiary/aromatic N) is 4. The summed E-state index contributed by atoms with van der Waals surface area (Å²) < 4.78 is 6.01. The summed E-state index contributed by atoms with van der Waals surface area (Å²) in [6, 6.07) is 7.10. The zero-order valence-electron chi connectivity index (χ0n) is 9.62. The third-order valence-electron chi connectivity index (χ3n) is 2.42. The van der Waals surface area contributed by atoms with Crippen LogP contribution in [0.3, 0.4) is 0 Å². The quantitative estimate of drug-likeness (QED) is 0.781. The average Bonchev–Trinajstić information content (AvgIpc) is 2.89. The van der Waals surface area contributed by atoms with Gasteiger partial charge >= 0.3 is 0 Å². The molecule has 3 aromatic rings. The first-order chi connectivity index (χ1) is 9.24. The Kier molecular flexibility index (Phi) is 2.96. The van der Waals surface area contributed by atoms with E-state index in [2.05, 4.69) is 36.0 Å². The normalized spacial score (nSPS) is 10.6. The largest absolute Gasteiger partial charge is 0.384 e. The summed E-state index contributed by atoms with van der Waals surface area (Å²) >= 11 is 3.40. The van der Waals surface area contributed by atoms with E-state index in [1.54, 1.807) is 24.5 Å². The lowest BCUT2D eigenvalue weighted by atomic mass is 10.2. The molecular formula is C12H8BrN5O. The minimum Gasteiger partial charge on any atom is -0.384 e. The van der Waals surface area contributed by atoms with Crippen LogP contribution in [0.2, 0.25) is 0 Å². The predicted molar refractivity (Wildman–Crippen MR) is 72.9 cm³/mol. The van der Waals surface area contributed by atoms with Gasteiger partial charge in [-0.1, -0.05) is 5.16 Å². The summed E-state index contributed by atoms with van der Waals surface area (Å²) in [6.45, 7) is 0. The Balaban J connectivity index is 2.03. The summed E-state index contributed by atoms with van der Waals surface area (Å²) in [4.78, 5) is 12.4. The van der Waals surface area contributed by atoms with Gasteiger partial charge in [0.1, 0.15) is 11.5 Å². The number of nitrogen functional groups attached to an aromatic ring is 1. The minimum absolute atomic E-state index is 0.377. The molecule has 2 N–H and O–H groups in total. The topological polar surface area (TPSA) is 90.7 Å². The molecule has 3 rings (SSSR count). The Labute approximate surface area is 116 Å². The molecule has 3 heterocycles. The summed E-state index contributed by atoms with van der Waals surface area (Å²) in [5.74, 6) is 1.19. The second-order valence-corrected chi connectivity index (χ2v) is 4.58. The van der Waals surface area contributed by atoms with Crippen LogP contribution in [0.25, 0.3) is 23.0 Å². The van der Waals surface area contributed by atoms with E-state index in [4.69, 9.17) is 10.3 Å². The molecule has 0 spiro atoms. The van der Waals surface area contributed by atoms with E-state index in [0.717, 1.165) is 10.0 Å². The number of hydrogen-bond donors (Lipinski definition) is 1. The number of halogens is 1. The fraction of sp³-hybridized carbons (Fsp3) is 0. The fourth-order valence-corrected chi connectivity index (χ4v) is 2.00. The van der Waals surface area contributed by atoms with Gasteiger partial charge in [-0.3, -0.25) is 4.98 Å². The van der Waals surface area contributed by atoms with Gasteiger partial charge in [-0.05, 0) is 40.2 Å². The van der Waals surface area contributed by atoms with E-state index in [0.29, 0.717) is 23.2 Å². The Hall–Kier alpha value is -2.28. The van der Waals surface area contributed by atoms with E-state index in [1.165, 1.54) is 0 Å². The minimum atomic E-state index is 0.377. The molecule has 0 aliphatic rings. The maximum absolute atomic E-state index is 5.62. The monoisotopic (exact) mass is 317 g/mol.